The van der Waals surface area contributed by atoms with Crippen LogP contribution >= 0.6 is 0 Å². The summed E-state index contributed by atoms with van der Waals surface area (Å²) in [5, 5.41) is 8.55. The van der Waals surface area contributed by atoms with E-state index in [4.69, 9.17) is 0 Å². The number of amides is 1. The van der Waals surface area contributed by atoms with E-state index >= 15 is 0 Å². The molecule has 0 spiro atoms. The second-order valence-electron chi connectivity index (χ2n) is 7.21. The molecule has 0 radical (unpaired) electrons. The molecule has 0 saturated heterocycles. The minimum Gasteiger partial charge on any atom is -0.352 e. The highest BCUT2D eigenvalue weighted by atomic mass is 16.1. The van der Waals surface area contributed by atoms with Gasteiger partial charge in [0.25, 0.3) is 5.91 Å². The molecule has 4 aromatic rings. The topological polar surface area (TPSA) is 59.8 Å². The van der Waals surface area contributed by atoms with Gasteiger partial charge < -0.3 is 5.32 Å². The Bertz CT molecular complexity index is 1150. The van der Waals surface area contributed by atoms with E-state index < -0.39 is 0 Å². The van der Waals surface area contributed by atoms with Gasteiger partial charge in [0.15, 0.2) is 0 Å². The number of nitrogens with zero attached hydrogens (tertiary/aromatic N) is 3. The number of hydrogen-bond acceptors (Lipinski definition) is 3. The number of fused-ring (bicyclic) bond motifs is 1. The Morgan fingerprint density at radius 2 is 1.79 bits per heavy atom. The largest absolute Gasteiger partial charge is 0.352 e. The fourth-order valence-electron chi connectivity index (χ4n) is 3.53. The van der Waals surface area contributed by atoms with Gasteiger partial charge in [0.1, 0.15) is 0 Å². The van der Waals surface area contributed by atoms with E-state index in [1.165, 1.54) is 5.56 Å². The van der Waals surface area contributed by atoms with Crippen LogP contribution in [0, 0.1) is 13.8 Å². The molecule has 29 heavy (non-hydrogen) atoms. The normalized spacial score (nSPS) is 11.0. The highest BCUT2D eigenvalue weighted by Gasteiger charge is 2.12. The van der Waals surface area contributed by atoms with E-state index in [9.17, 15) is 4.79 Å². The van der Waals surface area contributed by atoms with Gasteiger partial charge in [0.05, 0.1) is 22.5 Å². The Labute approximate surface area is 170 Å². The lowest BCUT2D eigenvalue weighted by Gasteiger charge is -2.09. The van der Waals surface area contributed by atoms with Crippen molar-refractivity contribution in [3.05, 3.63) is 89.4 Å². The molecule has 0 aliphatic carbocycles. The van der Waals surface area contributed by atoms with Crippen LogP contribution in [0.25, 0.3) is 16.6 Å². The van der Waals surface area contributed by atoms with E-state index in [2.05, 4.69) is 21.6 Å². The monoisotopic (exact) mass is 384 g/mol. The molecule has 2 aromatic carbocycles. The first-order chi connectivity index (χ1) is 14.1. The van der Waals surface area contributed by atoms with Crippen molar-refractivity contribution in [2.45, 2.75) is 26.7 Å². The molecular weight excluding hydrogens is 360 g/mol. The molecule has 0 fully saturated rings. The summed E-state index contributed by atoms with van der Waals surface area (Å²) in [6.45, 7) is 4.56. The Morgan fingerprint density at radius 1 is 1.03 bits per heavy atom. The first-order valence-corrected chi connectivity index (χ1v) is 9.87. The van der Waals surface area contributed by atoms with Crippen molar-refractivity contribution >= 4 is 16.8 Å². The number of carbonyl (C=O) groups excluding carboxylic acids is 1. The molecule has 5 nitrogen and oxygen atoms in total. The highest BCUT2D eigenvalue weighted by Crippen LogP contribution is 2.18. The van der Waals surface area contributed by atoms with E-state index in [1.54, 1.807) is 0 Å². The molecule has 2 heterocycles. The number of aromatic nitrogens is 3. The second-order valence-corrected chi connectivity index (χ2v) is 7.21. The lowest BCUT2D eigenvalue weighted by molar-refractivity contribution is 0.0954. The lowest BCUT2D eigenvalue weighted by Crippen LogP contribution is -2.25. The standard InChI is InChI=1S/C24H24N4O/c1-17-15-22(21-12-6-7-13-23(21)26-17)24(29)25-14-8-9-19-16-28(27-18(19)2)20-10-4-3-5-11-20/h3-7,10-13,15-16H,8-9,14H2,1-2H3,(H,25,29). The molecule has 146 valence electrons. The summed E-state index contributed by atoms with van der Waals surface area (Å²) in [5.74, 6) is -0.0524. The summed E-state index contributed by atoms with van der Waals surface area (Å²) >= 11 is 0. The van der Waals surface area contributed by atoms with E-state index in [-0.39, 0.29) is 5.91 Å². The average molecular weight is 384 g/mol. The fourth-order valence-corrected chi connectivity index (χ4v) is 3.53. The zero-order chi connectivity index (χ0) is 20.2. The molecule has 1 amide bonds. The van der Waals surface area contributed by atoms with Crippen LogP contribution in [0.2, 0.25) is 0 Å². The van der Waals surface area contributed by atoms with Gasteiger partial charge in [-0.3, -0.25) is 9.78 Å². The van der Waals surface area contributed by atoms with Crippen molar-refractivity contribution in [2.75, 3.05) is 6.54 Å². The first-order valence-electron chi connectivity index (χ1n) is 9.87. The van der Waals surface area contributed by atoms with E-state index in [0.717, 1.165) is 40.8 Å². The summed E-state index contributed by atoms with van der Waals surface area (Å²) in [4.78, 5) is 17.2. The Balaban J connectivity index is 1.38. The maximum Gasteiger partial charge on any atom is 0.252 e. The van der Waals surface area contributed by atoms with Crippen molar-refractivity contribution in [2.24, 2.45) is 0 Å². The summed E-state index contributed by atoms with van der Waals surface area (Å²) < 4.78 is 1.91. The molecule has 1 N–H and O–H groups in total. The third kappa shape index (κ3) is 4.19. The summed E-state index contributed by atoms with van der Waals surface area (Å²) in [5.41, 5.74) is 5.65. The molecular formula is C24H24N4O. The van der Waals surface area contributed by atoms with Crippen LogP contribution in [0.5, 0.6) is 0 Å². The molecule has 0 unspecified atom stereocenters. The van der Waals surface area contributed by atoms with Crippen molar-refractivity contribution in [1.82, 2.24) is 20.1 Å². The van der Waals surface area contributed by atoms with Gasteiger partial charge in [-0.2, -0.15) is 5.10 Å². The van der Waals surface area contributed by atoms with E-state index in [1.807, 2.05) is 79.2 Å². The zero-order valence-electron chi connectivity index (χ0n) is 16.7. The quantitative estimate of drug-likeness (QED) is 0.501. The maximum absolute atomic E-state index is 12.7. The van der Waals surface area contributed by atoms with Crippen molar-refractivity contribution < 1.29 is 4.79 Å². The van der Waals surface area contributed by atoms with Crippen LogP contribution < -0.4 is 5.32 Å². The number of rotatable bonds is 6. The predicted molar refractivity (Wildman–Crippen MR) is 115 cm³/mol. The van der Waals surface area contributed by atoms with Crippen molar-refractivity contribution in [3.8, 4) is 5.69 Å². The van der Waals surface area contributed by atoms with Gasteiger partial charge in [-0.15, -0.1) is 0 Å². The molecule has 0 saturated carbocycles. The number of carbonyl (C=O) groups is 1. The predicted octanol–water partition coefficient (Wildman–Crippen LogP) is 4.40. The van der Waals surface area contributed by atoms with Crippen LogP contribution in [-0.2, 0) is 6.42 Å². The van der Waals surface area contributed by atoms with Gasteiger partial charge in [-0.05, 0) is 56.5 Å². The Kier molecular flexibility index (Phi) is 5.38. The summed E-state index contributed by atoms with van der Waals surface area (Å²) in [6.07, 6.45) is 3.80. The van der Waals surface area contributed by atoms with Gasteiger partial charge in [-0.25, -0.2) is 4.68 Å². The fraction of sp³-hybridized carbons (Fsp3) is 0.208. The second kappa shape index (κ2) is 8.27. The number of para-hydroxylation sites is 2. The smallest absolute Gasteiger partial charge is 0.252 e. The summed E-state index contributed by atoms with van der Waals surface area (Å²) in [7, 11) is 0. The minimum absolute atomic E-state index is 0.0524. The Morgan fingerprint density at radius 3 is 2.62 bits per heavy atom. The summed E-state index contributed by atoms with van der Waals surface area (Å²) in [6, 6.07) is 19.7. The molecule has 0 aliphatic rings. The van der Waals surface area contributed by atoms with Crippen LogP contribution in [0.1, 0.15) is 33.7 Å². The Hall–Kier alpha value is -3.47. The van der Waals surface area contributed by atoms with Crippen LogP contribution in [0.4, 0.5) is 0 Å². The van der Waals surface area contributed by atoms with Crippen LogP contribution in [0.15, 0.2) is 66.9 Å². The first kappa shape index (κ1) is 18.9. The lowest BCUT2D eigenvalue weighted by atomic mass is 10.1. The minimum atomic E-state index is -0.0524. The highest BCUT2D eigenvalue weighted by molar-refractivity contribution is 6.06. The van der Waals surface area contributed by atoms with E-state index in [0.29, 0.717) is 12.1 Å². The molecule has 4 rings (SSSR count). The zero-order valence-corrected chi connectivity index (χ0v) is 16.7. The van der Waals surface area contributed by atoms with Gasteiger partial charge in [0.2, 0.25) is 0 Å². The number of pyridine rings is 1. The molecule has 2 aromatic heterocycles. The van der Waals surface area contributed by atoms with Gasteiger partial charge in [-0.1, -0.05) is 36.4 Å². The van der Waals surface area contributed by atoms with Crippen LogP contribution in [0.3, 0.4) is 0 Å². The molecule has 0 aliphatic heterocycles. The number of benzene rings is 2. The number of nitrogens with one attached hydrogen (secondary N) is 1. The molecule has 5 heteroatoms. The average Bonchev–Trinajstić information content (AvgIpc) is 3.11. The number of hydrogen-bond donors (Lipinski definition) is 1. The van der Waals surface area contributed by atoms with Gasteiger partial charge in [0, 0.05) is 23.8 Å². The third-order valence-electron chi connectivity index (χ3n) is 5.02. The van der Waals surface area contributed by atoms with Crippen molar-refractivity contribution in [1.29, 1.82) is 0 Å². The number of aryl methyl sites for hydroxylation is 3. The van der Waals surface area contributed by atoms with Crippen molar-refractivity contribution in [3.63, 3.8) is 0 Å². The third-order valence-corrected chi connectivity index (χ3v) is 5.02. The maximum atomic E-state index is 12.7. The molecule has 0 bridgehead atoms. The van der Waals surface area contributed by atoms with Gasteiger partial charge >= 0.3 is 0 Å². The SMILES string of the molecule is Cc1cc(C(=O)NCCCc2cn(-c3ccccc3)nc2C)c2ccccc2n1. The molecule has 0 atom stereocenters. The van der Waals surface area contributed by atoms with Crippen LogP contribution in [-0.4, -0.2) is 27.2 Å².